The largest absolute Gasteiger partial charge is 0.469 e. The Hall–Kier alpha value is -2.30. The van der Waals surface area contributed by atoms with Crippen LogP contribution in [0.4, 0.5) is 10.1 Å². The van der Waals surface area contributed by atoms with E-state index in [0.717, 1.165) is 5.76 Å². The Kier molecular flexibility index (Phi) is 3.62. The van der Waals surface area contributed by atoms with Crippen LogP contribution in [0.1, 0.15) is 16.1 Å². The van der Waals surface area contributed by atoms with Crippen molar-refractivity contribution in [2.45, 2.75) is 6.42 Å². The predicted molar refractivity (Wildman–Crippen MR) is 65.6 cm³/mol. The summed E-state index contributed by atoms with van der Waals surface area (Å²) in [5.41, 5.74) is 5.82. The molecule has 1 aromatic carbocycles. The van der Waals surface area contributed by atoms with Gasteiger partial charge in [-0.2, -0.15) is 0 Å². The molecule has 0 fully saturated rings. The van der Waals surface area contributed by atoms with Crippen LogP contribution in [0.25, 0.3) is 0 Å². The molecule has 0 unspecified atom stereocenters. The summed E-state index contributed by atoms with van der Waals surface area (Å²) in [6, 6.07) is 7.49. The molecule has 2 aromatic rings. The van der Waals surface area contributed by atoms with Crippen molar-refractivity contribution in [3.05, 3.63) is 53.7 Å². The van der Waals surface area contributed by atoms with E-state index in [4.69, 9.17) is 10.2 Å². The van der Waals surface area contributed by atoms with E-state index in [0.29, 0.717) is 18.7 Å². The van der Waals surface area contributed by atoms with Crippen molar-refractivity contribution in [2.75, 3.05) is 12.3 Å². The number of anilines is 1. The molecule has 0 saturated heterocycles. The highest BCUT2D eigenvalue weighted by molar-refractivity contribution is 5.95. The smallest absolute Gasteiger partial charge is 0.254 e. The van der Waals surface area contributed by atoms with Crippen molar-refractivity contribution in [1.29, 1.82) is 0 Å². The van der Waals surface area contributed by atoms with Gasteiger partial charge in [-0.05, 0) is 30.3 Å². The van der Waals surface area contributed by atoms with Crippen LogP contribution in [0.2, 0.25) is 0 Å². The molecule has 1 aromatic heterocycles. The molecule has 1 heterocycles. The van der Waals surface area contributed by atoms with Gasteiger partial charge in [-0.15, -0.1) is 0 Å². The quantitative estimate of drug-likeness (QED) is 0.813. The lowest BCUT2D eigenvalue weighted by Gasteiger charge is -2.06. The standard InChI is InChI=1S/C13H13FN2O2/c14-12-4-3-9(15)8-11(12)13(17)16-6-5-10-2-1-7-18-10/h1-4,7-8H,5-6,15H2,(H,16,17). The number of carbonyl (C=O) groups excluding carboxylic acids is 1. The summed E-state index contributed by atoms with van der Waals surface area (Å²) in [6.45, 7) is 0.376. The Labute approximate surface area is 104 Å². The highest BCUT2D eigenvalue weighted by atomic mass is 19.1. The fourth-order valence-electron chi connectivity index (χ4n) is 1.57. The van der Waals surface area contributed by atoms with Crippen molar-refractivity contribution >= 4 is 11.6 Å². The normalized spacial score (nSPS) is 10.3. The molecule has 0 spiro atoms. The molecule has 1 amide bonds. The first kappa shape index (κ1) is 12.2. The molecule has 0 atom stereocenters. The number of hydrogen-bond acceptors (Lipinski definition) is 3. The number of halogens is 1. The van der Waals surface area contributed by atoms with E-state index >= 15 is 0 Å². The van der Waals surface area contributed by atoms with Gasteiger partial charge in [0, 0.05) is 18.7 Å². The van der Waals surface area contributed by atoms with Gasteiger partial charge >= 0.3 is 0 Å². The SMILES string of the molecule is Nc1ccc(F)c(C(=O)NCCc2ccco2)c1. The number of nitrogens with one attached hydrogen (secondary N) is 1. The molecule has 0 saturated carbocycles. The summed E-state index contributed by atoms with van der Waals surface area (Å²) < 4.78 is 18.5. The summed E-state index contributed by atoms with van der Waals surface area (Å²) in [4.78, 5) is 11.7. The third-order valence-electron chi connectivity index (χ3n) is 2.47. The number of nitrogens with two attached hydrogens (primary N) is 1. The molecular formula is C13H13FN2O2. The number of furan rings is 1. The van der Waals surface area contributed by atoms with Crippen LogP contribution in [0, 0.1) is 5.82 Å². The van der Waals surface area contributed by atoms with Crippen molar-refractivity contribution in [3.63, 3.8) is 0 Å². The monoisotopic (exact) mass is 248 g/mol. The number of benzene rings is 1. The van der Waals surface area contributed by atoms with Gasteiger partial charge in [0.25, 0.3) is 5.91 Å². The molecule has 5 heteroatoms. The van der Waals surface area contributed by atoms with E-state index in [1.807, 2.05) is 6.07 Å². The van der Waals surface area contributed by atoms with E-state index in [1.54, 1.807) is 12.3 Å². The number of amides is 1. The lowest BCUT2D eigenvalue weighted by atomic mass is 10.1. The van der Waals surface area contributed by atoms with Crippen LogP contribution >= 0.6 is 0 Å². The number of nitrogen functional groups attached to an aromatic ring is 1. The minimum Gasteiger partial charge on any atom is -0.469 e. The van der Waals surface area contributed by atoms with Gasteiger partial charge < -0.3 is 15.5 Å². The van der Waals surface area contributed by atoms with E-state index < -0.39 is 11.7 Å². The maximum atomic E-state index is 13.4. The molecule has 2 rings (SSSR count). The van der Waals surface area contributed by atoms with E-state index in [-0.39, 0.29) is 5.56 Å². The number of carbonyl (C=O) groups is 1. The minimum atomic E-state index is -0.584. The van der Waals surface area contributed by atoms with Crippen LogP contribution in [-0.4, -0.2) is 12.5 Å². The van der Waals surface area contributed by atoms with Gasteiger partial charge in [0.05, 0.1) is 11.8 Å². The zero-order valence-electron chi connectivity index (χ0n) is 9.65. The molecule has 94 valence electrons. The Balaban J connectivity index is 1.93. The molecule has 4 nitrogen and oxygen atoms in total. The molecule has 0 radical (unpaired) electrons. The number of hydrogen-bond donors (Lipinski definition) is 2. The van der Waals surface area contributed by atoms with Crippen molar-refractivity contribution < 1.29 is 13.6 Å². The Morgan fingerprint density at radius 1 is 1.39 bits per heavy atom. The lowest BCUT2D eigenvalue weighted by Crippen LogP contribution is -2.26. The fourth-order valence-corrected chi connectivity index (χ4v) is 1.57. The lowest BCUT2D eigenvalue weighted by molar-refractivity contribution is 0.0949. The van der Waals surface area contributed by atoms with Crippen LogP contribution < -0.4 is 11.1 Å². The number of rotatable bonds is 4. The maximum Gasteiger partial charge on any atom is 0.254 e. The van der Waals surface area contributed by atoms with Gasteiger partial charge in [0.15, 0.2) is 0 Å². The molecule has 0 aliphatic rings. The molecular weight excluding hydrogens is 235 g/mol. The first-order valence-electron chi connectivity index (χ1n) is 5.52. The first-order valence-corrected chi connectivity index (χ1v) is 5.52. The Morgan fingerprint density at radius 3 is 2.94 bits per heavy atom. The maximum absolute atomic E-state index is 13.4. The van der Waals surface area contributed by atoms with Crippen LogP contribution in [0.15, 0.2) is 41.0 Å². The summed E-state index contributed by atoms with van der Waals surface area (Å²) in [5.74, 6) is -0.297. The molecule has 0 aliphatic carbocycles. The molecule has 18 heavy (non-hydrogen) atoms. The molecule has 0 aliphatic heterocycles. The molecule has 0 bridgehead atoms. The summed E-state index contributed by atoms with van der Waals surface area (Å²) >= 11 is 0. The van der Waals surface area contributed by atoms with E-state index in [9.17, 15) is 9.18 Å². The zero-order valence-corrected chi connectivity index (χ0v) is 9.65. The second-order valence-corrected chi connectivity index (χ2v) is 3.82. The minimum absolute atomic E-state index is 0.0468. The van der Waals surface area contributed by atoms with Crippen LogP contribution in [0.5, 0.6) is 0 Å². The second-order valence-electron chi connectivity index (χ2n) is 3.82. The average Bonchev–Trinajstić information content (AvgIpc) is 2.85. The average molecular weight is 248 g/mol. The molecule has 3 N–H and O–H groups in total. The van der Waals surface area contributed by atoms with Crippen LogP contribution in [-0.2, 0) is 6.42 Å². The Bertz CT molecular complexity index is 538. The Morgan fingerprint density at radius 2 is 2.22 bits per heavy atom. The highest BCUT2D eigenvalue weighted by Gasteiger charge is 2.11. The second kappa shape index (κ2) is 5.35. The first-order chi connectivity index (χ1) is 8.66. The van der Waals surface area contributed by atoms with E-state index in [1.165, 1.54) is 18.2 Å². The van der Waals surface area contributed by atoms with Crippen molar-refractivity contribution in [1.82, 2.24) is 5.32 Å². The van der Waals surface area contributed by atoms with Gasteiger partial charge in [0.2, 0.25) is 0 Å². The van der Waals surface area contributed by atoms with E-state index in [2.05, 4.69) is 5.32 Å². The fraction of sp³-hybridized carbons (Fsp3) is 0.154. The van der Waals surface area contributed by atoms with Gasteiger partial charge in [-0.25, -0.2) is 4.39 Å². The summed E-state index contributed by atoms with van der Waals surface area (Å²) in [6.07, 6.45) is 2.12. The summed E-state index contributed by atoms with van der Waals surface area (Å²) in [7, 11) is 0. The predicted octanol–water partition coefficient (Wildman–Crippen LogP) is 1.97. The van der Waals surface area contributed by atoms with Crippen molar-refractivity contribution in [3.8, 4) is 0 Å². The van der Waals surface area contributed by atoms with Gasteiger partial charge in [-0.1, -0.05) is 0 Å². The van der Waals surface area contributed by atoms with Crippen molar-refractivity contribution in [2.24, 2.45) is 0 Å². The van der Waals surface area contributed by atoms with Gasteiger partial charge in [0.1, 0.15) is 11.6 Å². The highest BCUT2D eigenvalue weighted by Crippen LogP contribution is 2.11. The van der Waals surface area contributed by atoms with Crippen LogP contribution in [0.3, 0.4) is 0 Å². The summed E-state index contributed by atoms with van der Waals surface area (Å²) in [5, 5.41) is 2.61. The van der Waals surface area contributed by atoms with Gasteiger partial charge in [-0.3, -0.25) is 4.79 Å². The topological polar surface area (TPSA) is 68.3 Å². The zero-order chi connectivity index (χ0) is 13.0. The third-order valence-corrected chi connectivity index (χ3v) is 2.47. The third kappa shape index (κ3) is 2.88.